The first kappa shape index (κ1) is 6.85. The average molecular weight is 124 g/mol. The van der Waals surface area contributed by atoms with Crippen LogP contribution in [-0.2, 0) is 0 Å². The molecular weight excluding hydrogens is 108 g/mol. The second-order valence-electron chi connectivity index (χ2n) is 2.91. The Labute approximate surface area is 58.0 Å². The molecule has 0 fully saturated rings. The van der Waals surface area contributed by atoms with Gasteiger partial charge < -0.3 is 0 Å². The lowest BCUT2D eigenvalue weighted by atomic mass is 9.92. The topological polar surface area (TPSA) is 0 Å². The van der Waals surface area contributed by atoms with Gasteiger partial charge in [0, 0.05) is 0 Å². The van der Waals surface area contributed by atoms with Crippen molar-refractivity contribution in [3.8, 4) is 0 Å². The van der Waals surface area contributed by atoms with Gasteiger partial charge in [0.2, 0.25) is 0 Å². The molecule has 0 radical (unpaired) electrons. The van der Waals surface area contributed by atoms with Gasteiger partial charge in [-0.15, -0.1) is 0 Å². The lowest BCUT2D eigenvalue weighted by Gasteiger charge is -2.14. The van der Waals surface area contributed by atoms with Crippen molar-refractivity contribution in [3.63, 3.8) is 0 Å². The minimum absolute atomic E-state index is 0.920. The van der Waals surface area contributed by atoms with Gasteiger partial charge in [0.25, 0.3) is 0 Å². The SMILES string of the molecule is CCC[C@H]1C=CCCC1. The van der Waals surface area contributed by atoms with Crippen LogP contribution in [0.4, 0.5) is 0 Å². The summed E-state index contributed by atoms with van der Waals surface area (Å²) in [6.45, 7) is 2.27. The molecule has 1 aliphatic rings. The summed E-state index contributed by atoms with van der Waals surface area (Å²) in [5.41, 5.74) is 0. The van der Waals surface area contributed by atoms with Crippen LogP contribution in [-0.4, -0.2) is 0 Å². The predicted molar refractivity (Wildman–Crippen MR) is 41.4 cm³/mol. The van der Waals surface area contributed by atoms with E-state index < -0.39 is 0 Å². The Kier molecular flexibility index (Phi) is 2.82. The second-order valence-corrected chi connectivity index (χ2v) is 2.91. The molecule has 0 heteroatoms. The molecule has 0 aromatic rings. The van der Waals surface area contributed by atoms with Crippen LogP contribution in [0.3, 0.4) is 0 Å². The van der Waals surface area contributed by atoms with Gasteiger partial charge in [-0.3, -0.25) is 0 Å². The van der Waals surface area contributed by atoms with E-state index in [4.69, 9.17) is 0 Å². The minimum atomic E-state index is 0.920. The number of allylic oxidation sites excluding steroid dienone is 2. The maximum absolute atomic E-state index is 2.40. The van der Waals surface area contributed by atoms with E-state index in [2.05, 4.69) is 19.1 Å². The zero-order valence-corrected chi connectivity index (χ0v) is 6.27. The van der Waals surface area contributed by atoms with Crippen LogP contribution in [0.1, 0.15) is 39.0 Å². The van der Waals surface area contributed by atoms with Gasteiger partial charge in [-0.05, 0) is 31.6 Å². The van der Waals surface area contributed by atoms with E-state index in [1.54, 1.807) is 0 Å². The molecule has 0 bridgehead atoms. The van der Waals surface area contributed by atoms with Gasteiger partial charge >= 0.3 is 0 Å². The molecule has 0 aromatic carbocycles. The monoisotopic (exact) mass is 124 g/mol. The third-order valence-electron chi connectivity index (χ3n) is 2.01. The summed E-state index contributed by atoms with van der Waals surface area (Å²) in [6.07, 6.45) is 11.6. The van der Waals surface area contributed by atoms with Crippen LogP contribution in [0.5, 0.6) is 0 Å². The van der Waals surface area contributed by atoms with Crippen molar-refractivity contribution in [1.29, 1.82) is 0 Å². The van der Waals surface area contributed by atoms with Crippen LogP contribution >= 0.6 is 0 Å². The Bertz CT molecular complexity index is 92.2. The van der Waals surface area contributed by atoms with E-state index in [0.29, 0.717) is 0 Å². The zero-order chi connectivity index (χ0) is 6.53. The van der Waals surface area contributed by atoms with Crippen molar-refractivity contribution in [2.24, 2.45) is 5.92 Å². The number of rotatable bonds is 2. The first-order valence-corrected chi connectivity index (χ1v) is 4.10. The Morgan fingerprint density at radius 1 is 1.56 bits per heavy atom. The fraction of sp³-hybridized carbons (Fsp3) is 0.778. The third kappa shape index (κ3) is 2.21. The number of hydrogen-bond donors (Lipinski definition) is 0. The highest BCUT2D eigenvalue weighted by Crippen LogP contribution is 2.20. The highest BCUT2D eigenvalue weighted by Gasteiger charge is 2.05. The summed E-state index contributed by atoms with van der Waals surface area (Å²) < 4.78 is 0. The largest absolute Gasteiger partial charge is 0.0883 e. The summed E-state index contributed by atoms with van der Waals surface area (Å²) in [5.74, 6) is 0.920. The standard InChI is InChI=1S/C9H16/c1-2-6-9-7-4-3-5-8-9/h4,7,9H,2-3,5-6,8H2,1H3/t9-/m0/s1. The Balaban J connectivity index is 2.23. The molecule has 52 valence electrons. The van der Waals surface area contributed by atoms with Crippen LogP contribution < -0.4 is 0 Å². The predicted octanol–water partition coefficient (Wildman–Crippen LogP) is 3.14. The molecule has 9 heavy (non-hydrogen) atoms. The van der Waals surface area contributed by atoms with E-state index in [1.165, 1.54) is 32.1 Å². The summed E-state index contributed by atoms with van der Waals surface area (Å²) in [4.78, 5) is 0. The minimum Gasteiger partial charge on any atom is -0.0883 e. The normalized spacial score (nSPS) is 26.6. The summed E-state index contributed by atoms with van der Waals surface area (Å²) in [5, 5.41) is 0. The van der Waals surface area contributed by atoms with Crippen molar-refractivity contribution >= 4 is 0 Å². The van der Waals surface area contributed by atoms with Crippen LogP contribution in [0.15, 0.2) is 12.2 Å². The summed E-state index contributed by atoms with van der Waals surface area (Å²) in [6, 6.07) is 0. The Morgan fingerprint density at radius 2 is 2.44 bits per heavy atom. The van der Waals surface area contributed by atoms with Crippen molar-refractivity contribution in [1.82, 2.24) is 0 Å². The first-order chi connectivity index (χ1) is 4.43. The van der Waals surface area contributed by atoms with Crippen molar-refractivity contribution in [3.05, 3.63) is 12.2 Å². The quantitative estimate of drug-likeness (QED) is 0.496. The molecule has 0 N–H and O–H groups in total. The van der Waals surface area contributed by atoms with Gasteiger partial charge in [-0.25, -0.2) is 0 Å². The molecule has 0 aliphatic heterocycles. The Hall–Kier alpha value is -0.260. The lowest BCUT2D eigenvalue weighted by Crippen LogP contribution is -1.99. The van der Waals surface area contributed by atoms with Gasteiger partial charge in [-0.2, -0.15) is 0 Å². The van der Waals surface area contributed by atoms with Gasteiger partial charge in [-0.1, -0.05) is 25.5 Å². The highest BCUT2D eigenvalue weighted by atomic mass is 14.1. The average Bonchev–Trinajstić information content (AvgIpc) is 1.91. The smallest absolute Gasteiger partial charge is 0.0234 e. The summed E-state index contributed by atoms with van der Waals surface area (Å²) >= 11 is 0. The fourth-order valence-corrected chi connectivity index (χ4v) is 1.49. The fourth-order valence-electron chi connectivity index (χ4n) is 1.49. The van der Waals surface area contributed by atoms with E-state index in [1.807, 2.05) is 0 Å². The zero-order valence-electron chi connectivity index (χ0n) is 6.27. The summed E-state index contributed by atoms with van der Waals surface area (Å²) in [7, 11) is 0. The lowest BCUT2D eigenvalue weighted by molar-refractivity contribution is 0.500. The second kappa shape index (κ2) is 3.71. The van der Waals surface area contributed by atoms with E-state index in [-0.39, 0.29) is 0 Å². The van der Waals surface area contributed by atoms with Crippen LogP contribution in [0, 0.1) is 5.92 Å². The molecule has 0 heterocycles. The maximum atomic E-state index is 2.40. The van der Waals surface area contributed by atoms with Gasteiger partial charge in [0.15, 0.2) is 0 Å². The molecule has 1 atom stereocenters. The molecular formula is C9H16. The Morgan fingerprint density at radius 3 is 3.00 bits per heavy atom. The van der Waals surface area contributed by atoms with E-state index in [0.717, 1.165) is 5.92 Å². The van der Waals surface area contributed by atoms with Gasteiger partial charge in [0.05, 0.1) is 0 Å². The van der Waals surface area contributed by atoms with Crippen molar-refractivity contribution in [2.45, 2.75) is 39.0 Å². The molecule has 0 amide bonds. The highest BCUT2D eigenvalue weighted by molar-refractivity contribution is 4.92. The van der Waals surface area contributed by atoms with Crippen LogP contribution in [0.2, 0.25) is 0 Å². The third-order valence-corrected chi connectivity index (χ3v) is 2.01. The van der Waals surface area contributed by atoms with E-state index >= 15 is 0 Å². The number of hydrogen-bond acceptors (Lipinski definition) is 0. The van der Waals surface area contributed by atoms with Gasteiger partial charge in [0.1, 0.15) is 0 Å². The molecule has 0 saturated carbocycles. The molecule has 1 rings (SSSR count). The molecule has 0 aromatic heterocycles. The molecule has 0 nitrogen and oxygen atoms in total. The maximum Gasteiger partial charge on any atom is -0.0234 e. The van der Waals surface area contributed by atoms with Crippen molar-refractivity contribution in [2.75, 3.05) is 0 Å². The molecule has 0 saturated heterocycles. The van der Waals surface area contributed by atoms with Crippen molar-refractivity contribution < 1.29 is 0 Å². The molecule has 0 unspecified atom stereocenters. The van der Waals surface area contributed by atoms with Crippen LogP contribution in [0.25, 0.3) is 0 Å². The molecule has 0 spiro atoms. The van der Waals surface area contributed by atoms with E-state index in [9.17, 15) is 0 Å². The molecule has 1 aliphatic carbocycles. The first-order valence-electron chi connectivity index (χ1n) is 4.10.